The minimum Gasteiger partial charge on any atom is -0.387 e. The van der Waals surface area contributed by atoms with Gasteiger partial charge in [-0.15, -0.1) is 0 Å². The lowest BCUT2D eigenvalue weighted by atomic mass is 10.0. The largest absolute Gasteiger partial charge is 0.387 e. The molecular weight excluding hydrogens is 280 g/mol. The maximum Gasteiger partial charge on any atom is 0.236 e. The van der Waals surface area contributed by atoms with Gasteiger partial charge in [0.1, 0.15) is 0 Å². The first-order valence-electron chi connectivity index (χ1n) is 7.60. The number of pyridine rings is 1. The van der Waals surface area contributed by atoms with Gasteiger partial charge in [0, 0.05) is 32.0 Å². The van der Waals surface area contributed by atoms with Crippen LogP contribution in [0.3, 0.4) is 0 Å². The highest BCUT2D eigenvalue weighted by Gasteiger charge is 2.38. The molecule has 2 heterocycles. The number of aliphatic hydroxyl groups is 1. The van der Waals surface area contributed by atoms with Crippen molar-refractivity contribution in [3.8, 4) is 0 Å². The van der Waals surface area contributed by atoms with Crippen molar-refractivity contribution < 1.29 is 9.90 Å². The van der Waals surface area contributed by atoms with E-state index in [0.717, 1.165) is 5.56 Å². The summed E-state index contributed by atoms with van der Waals surface area (Å²) in [4.78, 5) is 22.1. The smallest absolute Gasteiger partial charge is 0.236 e. The van der Waals surface area contributed by atoms with Crippen LogP contribution < -0.4 is 0 Å². The molecule has 0 spiro atoms. The van der Waals surface area contributed by atoms with Crippen molar-refractivity contribution in [2.24, 2.45) is 0 Å². The van der Waals surface area contributed by atoms with E-state index >= 15 is 0 Å². The van der Waals surface area contributed by atoms with E-state index in [1.165, 1.54) is 0 Å². The highest BCUT2D eigenvalue weighted by Crippen LogP contribution is 2.22. The Hall–Kier alpha value is -1.50. The van der Waals surface area contributed by atoms with Crippen LogP contribution >= 0.6 is 0 Å². The predicted octanol–water partition coefficient (Wildman–Crippen LogP) is 0.0384. The van der Waals surface area contributed by atoms with Gasteiger partial charge >= 0.3 is 0 Å². The molecule has 1 N–H and O–H groups in total. The normalized spacial score (nSPS) is 21.8. The number of β-amino-alcohol motifs (C(OH)–C–C–N with tert-alkyl or cyclic N) is 1. The van der Waals surface area contributed by atoms with Crippen LogP contribution in [0.15, 0.2) is 24.5 Å². The molecule has 0 aromatic carbocycles. The van der Waals surface area contributed by atoms with E-state index in [1.54, 1.807) is 17.3 Å². The number of amides is 1. The lowest BCUT2D eigenvalue weighted by Gasteiger charge is -2.27. The highest BCUT2D eigenvalue weighted by atomic mass is 16.3. The maximum atomic E-state index is 12.4. The Morgan fingerprint density at radius 1 is 1.36 bits per heavy atom. The van der Waals surface area contributed by atoms with Crippen LogP contribution in [0.25, 0.3) is 0 Å². The van der Waals surface area contributed by atoms with Gasteiger partial charge in [-0.3, -0.25) is 14.7 Å². The first kappa shape index (κ1) is 16.9. The number of carbonyl (C=O) groups excluding carboxylic acids is 1. The molecule has 6 nitrogen and oxygen atoms in total. The Bertz CT molecular complexity index is 494. The first-order valence-corrected chi connectivity index (χ1v) is 7.60. The molecule has 1 amide bonds. The third kappa shape index (κ3) is 4.76. The predicted molar refractivity (Wildman–Crippen MR) is 85.3 cm³/mol. The molecule has 1 aliphatic rings. The molecule has 1 aromatic rings. The molecule has 1 saturated heterocycles. The number of rotatable bonds is 6. The van der Waals surface area contributed by atoms with Crippen LogP contribution in [0.5, 0.6) is 0 Å². The molecule has 0 bridgehead atoms. The molecule has 0 radical (unpaired) electrons. The Kier molecular flexibility index (Phi) is 5.50. The second kappa shape index (κ2) is 7.17. The molecule has 122 valence electrons. The van der Waals surface area contributed by atoms with Crippen molar-refractivity contribution in [1.82, 2.24) is 19.7 Å². The molecule has 1 aliphatic heterocycles. The lowest BCUT2D eigenvalue weighted by Crippen LogP contribution is -2.45. The number of aromatic nitrogens is 1. The summed E-state index contributed by atoms with van der Waals surface area (Å²) in [7, 11) is 5.80. The Labute approximate surface area is 132 Å². The van der Waals surface area contributed by atoms with E-state index in [1.807, 2.05) is 43.1 Å². The summed E-state index contributed by atoms with van der Waals surface area (Å²) in [6.45, 7) is 2.72. The van der Waals surface area contributed by atoms with Crippen molar-refractivity contribution in [2.45, 2.75) is 18.6 Å². The zero-order valence-electron chi connectivity index (χ0n) is 13.7. The topological polar surface area (TPSA) is 59.9 Å². The van der Waals surface area contributed by atoms with Crippen molar-refractivity contribution in [3.05, 3.63) is 30.1 Å². The summed E-state index contributed by atoms with van der Waals surface area (Å²) in [5.74, 6) is 0.0752. The molecule has 22 heavy (non-hydrogen) atoms. The fraction of sp³-hybridized carbons (Fsp3) is 0.625. The highest BCUT2D eigenvalue weighted by molar-refractivity contribution is 5.78. The average Bonchev–Trinajstić information content (AvgIpc) is 2.81. The summed E-state index contributed by atoms with van der Waals surface area (Å²) in [5.41, 5.74) is 0.360. The quantitative estimate of drug-likeness (QED) is 0.804. The Morgan fingerprint density at radius 3 is 2.68 bits per heavy atom. The second-order valence-corrected chi connectivity index (χ2v) is 6.56. The zero-order chi connectivity index (χ0) is 16.2. The third-order valence-corrected chi connectivity index (χ3v) is 3.90. The molecule has 1 unspecified atom stereocenters. The number of nitrogens with zero attached hydrogens (tertiary/aromatic N) is 4. The van der Waals surface area contributed by atoms with Gasteiger partial charge in [0.05, 0.1) is 18.7 Å². The average molecular weight is 306 g/mol. The van der Waals surface area contributed by atoms with Crippen LogP contribution in [-0.2, 0) is 11.3 Å². The summed E-state index contributed by atoms with van der Waals surface area (Å²) in [6, 6.07) is 3.90. The van der Waals surface area contributed by atoms with E-state index in [9.17, 15) is 9.90 Å². The first-order chi connectivity index (χ1) is 10.4. The zero-order valence-corrected chi connectivity index (χ0v) is 13.7. The summed E-state index contributed by atoms with van der Waals surface area (Å²) in [6.07, 6.45) is 4.16. The van der Waals surface area contributed by atoms with E-state index in [-0.39, 0.29) is 5.91 Å². The second-order valence-electron chi connectivity index (χ2n) is 6.56. The van der Waals surface area contributed by atoms with Gasteiger partial charge < -0.3 is 14.9 Å². The summed E-state index contributed by atoms with van der Waals surface area (Å²) < 4.78 is 0. The van der Waals surface area contributed by atoms with Crippen LogP contribution in [0, 0.1) is 0 Å². The van der Waals surface area contributed by atoms with E-state index in [2.05, 4.69) is 4.98 Å². The molecule has 0 aliphatic carbocycles. The summed E-state index contributed by atoms with van der Waals surface area (Å²) >= 11 is 0. The van der Waals surface area contributed by atoms with Gasteiger partial charge in [-0.1, -0.05) is 0 Å². The van der Waals surface area contributed by atoms with Gasteiger partial charge in [0.25, 0.3) is 0 Å². The van der Waals surface area contributed by atoms with Gasteiger partial charge in [0.15, 0.2) is 0 Å². The number of hydrogen-bond donors (Lipinski definition) is 1. The molecule has 1 fully saturated rings. The van der Waals surface area contributed by atoms with Crippen LogP contribution in [0.4, 0.5) is 0 Å². The van der Waals surface area contributed by atoms with Gasteiger partial charge in [-0.25, -0.2) is 0 Å². The van der Waals surface area contributed by atoms with Crippen molar-refractivity contribution in [3.63, 3.8) is 0 Å². The number of likely N-dealkylation sites (N-methyl/N-ethyl adjacent to an activating group) is 2. The van der Waals surface area contributed by atoms with Crippen molar-refractivity contribution >= 4 is 5.91 Å². The third-order valence-electron chi connectivity index (χ3n) is 3.90. The van der Waals surface area contributed by atoms with Gasteiger partial charge in [-0.2, -0.15) is 0 Å². The molecule has 1 aromatic heterocycles. The van der Waals surface area contributed by atoms with E-state index in [4.69, 9.17) is 0 Å². The molecular formula is C16H26N4O2. The SMILES string of the molecule is CN(C)CC1(O)CCN(C(=O)CN(C)Cc2ccncc2)C1. The molecule has 2 rings (SSSR count). The van der Waals surface area contributed by atoms with Gasteiger partial charge in [0.2, 0.25) is 5.91 Å². The fourth-order valence-electron chi connectivity index (χ4n) is 2.97. The molecule has 0 saturated carbocycles. The number of carbonyl (C=O) groups is 1. The number of likely N-dealkylation sites (tertiary alicyclic amines) is 1. The van der Waals surface area contributed by atoms with E-state index < -0.39 is 5.60 Å². The van der Waals surface area contributed by atoms with Gasteiger partial charge in [-0.05, 0) is 45.3 Å². The molecule has 1 atom stereocenters. The molecule has 6 heteroatoms. The van der Waals surface area contributed by atoms with Crippen molar-refractivity contribution in [2.75, 3.05) is 47.3 Å². The monoisotopic (exact) mass is 306 g/mol. The lowest BCUT2D eigenvalue weighted by molar-refractivity contribution is -0.132. The minimum absolute atomic E-state index is 0.0752. The fourth-order valence-corrected chi connectivity index (χ4v) is 2.97. The van der Waals surface area contributed by atoms with Crippen molar-refractivity contribution in [1.29, 1.82) is 0 Å². The van der Waals surface area contributed by atoms with Crippen LogP contribution in [0.1, 0.15) is 12.0 Å². The van der Waals surface area contributed by atoms with Crippen LogP contribution in [-0.4, -0.2) is 83.6 Å². The summed E-state index contributed by atoms with van der Waals surface area (Å²) in [5, 5.41) is 10.5. The minimum atomic E-state index is -0.775. The van der Waals surface area contributed by atoms with Crippen LogP contribution in [0.2, 0.25) is 0 Å². The maximum absolute atomic E-state index is 12.4. The Balaban J connectivity index is 1.83. The number of hydrogen-bond acceptors (Lipinski definition) is 5. The van der Waals surface area contributed by atoms with E-state index in [0.29, 0.717) is 39.1 Å². The Morgan fingerprint density at radius 2 is 2.05 bits per heavy atom. The standard InChI is InChI=1S/C16H26N4O2/c1-18(2)12-16(22)6-9-20(13-16)15(21)11-19(3)10-14-4-7-17-8-5-14/h4-5,7-8,22H,6,9-13H2,1-3H3.